The summed E-state index contributed by atoms with van der Waals surface area (Å²) in [6.45, 7) is 0. The van der Waals surface area contributed by atoms with Gasteiger partial charge in [0.25, 0.3) is 0 Å². The number of hydrogen-bond acceptors (Lipinski definition) is 6. The smallest absolute Gasteiger partial charge is 0.249 e. The van der Waals surface area contributed by atoms with Crippen molar-refractivity contribution in [2.75, 3.05) is 0 Å². The van der Waals surface area contributed by atoms with Crippen LogP contribution in [0.25, 0.3) is 0 Å². The van der Waals surface area contributed by atoms with Crippen molar-refractivity contribution in [3.8, 4) is 0 Å². The molecule has 0 saturated heterocycles. The Labute approximate surface area is 148 Å². The van der Waals surface area contributed by atoms with Crippen LogP contribution in [-0.2, 0) is 0 Å². The highest BCUT2D eigenvalue weighted by atomic mass is 16.4. The number of hydrogen-bond donors (Lipinski definition) is 4. The molecular formula is C16H20N4O6. The maximum Gasteiger partial charge on any atom is 0.249 e. The zero-order valence-electron chi connectivity index (χ0n) is 14.2. The monoisotopic (exact) mass is 364 g/mol. The summed E-state index contributed by atoms with van der Waals surface area (Å²) in [7, 11) is 0. The Morgan fingerprint density at radius 2 is 0.808 bits per heavy atom. The molecule has 140 valence electrons. The Hall–Kier alpha value is -3.76. The number of carbonyl (C=O) groups excluding carboxylic acids is 4. The Bertz CT molecular complexity index is 673. The van der Waals surface area contributed by atoms with E-state index in [2.05, 4.69) is 0 Å². The van der Waals surface area contributed by atoms with Crippen molar-refractivity contribution in [3.63, 3.8) is 0 Å². The number of quaternary nitrogens is 2. The summed E-state index contributed by atoms with van der Waals surface area (Å²) in [5.74, 6) is -4.33. The Kier molecular flexibility index (Phi) is 10.3. The van der Waals surface area contributed by atoms with Crippen molar-refractivity contribution in [3.05, 3.63) is 70.8 Å². The van der Waals surface area contributed by atoms with Crippen LogP contribution in [0.1, 0.15) is 41.4 Å². The molecule has 2 aromatic rings. The van der Waals surface area contributed by atoms with E-state index < -0.39 is 23.8 Å². The van der Waals surface area contributed by atoms with E-state index in [1.54, 1.807) is 0 Å². The molecule has 0 spiro atoms. The van der Waals surface area contributed by atoms with Crippen LogP contribution in [0.5, 0.6) is 0 Å². The van der Waals surface area contributed by atoms with E-state index in [4.69, 9.17) is 11.5 Å². The topological polar surface area (TPSA) is 239 Å². The number of primary amides is 2. The molecule has 0 aliphatic carbocycles. The number of carboxylic acid groups (broad SMARTS) is 2. The van der Waals surface area contributed by atoms with Gasteiger partial charge in [-0.25, -0.2) is 0 Å². The molecule has 2 aromatic carbocycles. The van der Waals surface area contributed by atoms with E-state index in [9.17, 15) is 29.4 Å². The average molecular weight is 364 g/mol. The molecule has 0 atom stereocenters. The molecule has 10 nitrogen and oxygen atoms in total. The standard InChI is InChI=1S/2C8H7NO3.2H3N/c2*9-7(10)5-3-1-2-4-6(5)8(11)12;;/h2*1-4H,(H2,9,10)(H,11,12);2*1H3. The van der Waals surface area contributed by atoms with Gasteiger partial charge in [0.2, 0.25) is 11.8 Å². The average Bonchev–Trinajstić information content (AvgIpc) is 2.55. The third-order valence-corrected chi connectivity index (χ3v) is 2.82. The minimum atomic E-state index is -1.40. The normalized spacial score (nSPS) is 8.62. The SMILES string of the molecule is NC(=O)c1ccccc1C(=O)[O-].NC(=O)c1ccccc1C(=O)[O-].[NH4+].[NH4+]. The maximum atomic E-state index is 10.7. The summed E-state index contributed by atoms with van der Waals surface area (Å²) in [6, 6.07) is 11.3. The molecule has 0 aliphatic heterocycles. The Morgan fingerprint density at radius 1 is 0.577 bits per heavy atom. The number of carbonyl (C=O) groups is 4. The fraction of sp³-hybridized carbons (Fsp3) is 0. The van der Waals surface area contributed by atoms with Crippen LogP contribution in [0.3, 0.4) is 0 Å². The van der Waals surface area contributed by atoms with Crippen LogP contribution in [-0.4, -0.2) is 23.8 Å². The third kappa shape index (κ3) is 6.39. The molecule has 26 heavy (non-hydrogen) atoms. The van der Waals surface area contributed by atoms with Crippen LogP contribution < -0.4 is 34.0 Å². The summed E-state index contributed by atoms with van der Waals surface area (Å²) in [4.78, 5) is 42.1. The van der Waals surface area contributed by atoms with Gasteiger partial charge in [0.05, 0.1) is 11.9 Å². The lowest BCUT2D eigenvalue weighted by Crippen LogP contribution is -2.26. The van der Waals surface area contributed by atoms with Gasteiger partial charge in [-0.05, 0) is 12.1 Å². The number of carboxylic acids is 2. The first-order valence-electron chi connectivity index (χ1n) is 6.46. The van der Waals surface area contributed by atoms with Gasteiger partial charge in [-0.2, -0.15) is 0 Å². The molecule has 0 radical (unpaired) electrons. The van der Waals surface area contributed by atoms with Gasteiger partial charge in [0, 0.05) is 22.3 Å². The summed E-state index contributed by atoms with van der Waals surface area (Å²) in [5, 5.41) is 20.8. The highest BCUT2D eigenvalue weighted by Crippen LogP contribution is 2.06. The highest BCUT2D eigenvalue weighted by molar-refractivity contribution is 6.04. The third-order valence-electron chi connectivity index (χ3n) is 2.82. The van der Waals surface area contributed by atoms with Gasteiger partial charge < -0.3 is 43.6 Å². The summed E-state index contributed by atoms with van der Waals surface area (Å²) < 4.78 is 0. The number of nitrogens with two attached hydrogens (primary N) is 2. The molecule has 0 saturated carbocycles. The largest absolute Gasteiger partial charge is 0.545 e. The first kappa shape index (κ1) is 24.5. The second kappa shape index (κ2) is 10.9. The van der Waals surface area contributed by atoms with Crippen molar-refractivity contribution >= 4 is 23.8 Å². The fourth-order valence-electron chi connectivity index (χ4n) is 1.75. The molecule has 10 heteroatoms. The fourth-order valence-corrected chi connectivity index (χ4v) is 1.75. The molecule has 0 unspecified atom stereocenters. The predicted octanol–water partition coefficient (Wildman–Crippen LogP) is -0.950. The molecular weight excluding hydrogens is 344 g/mol. The van der Waals surface area contributed by atoms with Gasteiger partial charge in [0.15, 0.2) is 0 Å². The van der Waals surface area contributed by atoms with E-state index in [0.717, 1.165) is 0 Å². The molecule has 0 fully saturated rings. The molecule has 0 aromatic heterocycles. The van der Waals surface area contributed by atoms with Gasteiger partial charge in [-0.15, -0.1) is 0 Å². The van der Waals surface area contributed by atoms with Gasteiger partial charge in [0.1, 0.15) is 0 Å². The maximum absolute atomic E-state index is 10.7. The van der Waals surface area contributed by atoms with Crippen LogP contribution in [0.15, 0.2) is 48.5 Å². The lowest BCUT2D eigenvalue weighted by atomic mass is 10.1. The lowest BCUT2D eigenvalue weighted by molar-refractivity contribution is -0.256. The molecule has 12 N–H and O–H groups in total. The molecule has 0 bridgehead atoms. The molecule has 0 aliphatic rings. The van der Waals surface area contributed by atoms with Crippen molar-refractivity contribution in [1.29, 1.82) is 0 Å². The second-order valence-electron chi connectivity index (χ2n) is 4.39. The quantitative estimate of drug-likeness (QED) is 0.532. The van der Waals surface area contributed by atoms with Crippen LogP contribution in [0.2, 0.25) is 0 Å². The van der Waals surface area contributed by atoms with E-state index >= 15 is 0 Å². The predicted molar refractivity (Wildman–Crippen MR) is 90.6 cm³/mol. The van der Waals surface area contributed by atoms with Crippen molar-refractivity contribution in [1.82, 2.24) is 12.3 Å². The number of benzene rings is 2. The molecule has 2 amide bonds. The van der Waals surface area contributed by atoms with E-state index in [-0.39, 0.29) is 34.6 Å². The Morgan fingerprint density at radius 3 is 0.962 bits per heavy atom. The van der Waals surface area contributed by atoms with Crippen LogP contribution in [0, 0.1) is 0 Å². The highest BCUT2D eigenvalue weighted by Gasteiger charge is 2.07. The first-order valence-corrected chi connectivity index (χ1v) is 6.46. The molecule has 2 rings (SSSR count). The zero-order valence-corrected chi connectivity index (χ0v) is 14.2. The van der Waals surface area contributed by atoms with Crippen molar-refractivity contribution < 1.29 is 29.4 Å². The zero-order chi connectivity index (χ0) is 18.3. The number of aromatic carboxylic acids is 2. The van der Waals surface area contributed by atoms with E-state index in [1.165, 1.54) is 48.5 Å². The molecule has 0 heterocycles. The Balaban J connectivity index is 0. The van der Waals surface area contributed by atoms with Crippen molar-refractivity contribution in [2.24, 2.45) is 11.5 Å². The van der Waals surface area contributed by atoms with Gasteiger partial charge in [-0.1, -0.05) is 36.4 Å². The minimum absolute atomic E-state index is 0. The number of rotatable bonds is 4. The summed E-state index contributed by atoms with van der Waals surface area (Å²) >= 11 is 0. The first-order chi connectivity index (χ1) is 11.3. The second-order valence-corrected chi connectivity index (χ2v) is 4.39. The summed E-state index contributed by atoms with van der Waals surface area (Å²) in [5.41, 5.74) is 9.43. The van der Waals surface area contributed by atoms with Crippen LogP contribution >= 0.6 is 0 Å². The minimum Gasteiger partial charge on any atom is -0.545 e. The summed E-state index contributed by atoms with van der Waals surface area (Å²) in [6.07, 6.45) is 0. The number of amides is 2. The van der Waals surface area contributed by atoms with E-state index in [0.29, 0.717) is 0 Å². The lowest BCUT2D eigenvalue weighted by Gasteiger charge is -2.05. The van der Waals surface area contributed by atoms with Gasteiger partial charge >= 0.3 is 0 Å². The van der Waals surface area contributed by atoms with Gasteiger partial charge in [-0.3, -0.25) is 9.59 Å². The van der Waals surface area contributed by atoms with Crippen molar-refractivity contribution in [2.45, 2.75) is 0 Å². The van der Waals surface area contributed by atoms with E-state index in [1.807, 2.05) is 0 Å². The van der Waals surface area contributed by atoms with Crippen LogP contribution in [0.4, 0.5) is 0 Å².